The zero-order valence-corrected chi connectivity index (χ0v) is 11.4. The molecule has 20 heavy (non-hydrogen) atoms. The van der Waals surface area contributed by atoms with E-state index in [2.05, 4.69) is 5.32 Å². The Kier molecular flexibility index (Phi) is 3.65. The van der Waals surface area contributed by atoms with E-state index in [-0.39, 0.29) is 16.6 Å². The molecular formula is C13H13NO5S. The summed E-state index contributed by atoms with van der Waals surface area (Å²) in [6, 6.07) is 6.88. The number of carbonyl (C=O) groups excluding carboxylic acids is 1. The number of fused-ring (bicyclic) bond motifs is 1. The van der Waals surface area contributed by atoms with Crippen LogP contribution in [0.15, 0.2) is 35.2 Å². The van der Waals surface area contributed by atoms with E-state index in [9.17, 15) is 18.3 Å². The van der Waals surface area contributed by atoms with Crippen LogP contribution in [-0.2, 0) is 14.9 Å². The first-order chi connectivity index (χ1) is 9.31. The van der Waals surface area contributed by atoms with E-state index in [1.165, 1.54) is 12.1 Å². The van der Waals surface area contributed by atoms with Gasteiger partial charge in [-0.2, -0.15) is 8.42 Å². The van der Waals surface area contributed by atoms with Crippen LogP contribution in [0.4, 0.5) is 5.69 Å². The molecule has 7 heteroatoms. The highest BCUT2D eigenvalue weighted by Gasteiger charge is 2.13. The summed E-state index contributed by atoms with van der Waals surface area (Å²) in [5.41, 5.74) is 0.499. The lowest BCUT2D eigenvalue weighted by molar-refractivity contribution is -0.115. The van der Waals surface area contributed by atoms with Crippen molar-refractivity contribution in [3.63, 3.8) is 0 Å². The maximum atomic E-state index is 11.3. The summed E-state index contributed by atoms with van der Waals surface area (Å²) in [5.74, 6) is -0.457. The molecule has 0 aliphatic carbocycles. The molecule has 106 valence electrons. The third kappa shape index (κ3) is 2.89. The van der Waals surface area contributed by atoms with Crippen LogP contribution in [0.5, 0.6) is 5.75 Å². The van der Waals surface area contributed by atoms with Gasteiger partial charge in [0.25, 0.3) is 10.1 Å². The molecule has 0 radical (unpaired) electrons. The van der Waals surface area contributed by atoms with Crippen LogP contribution in [0.25, 0.3) is 10.8 Å². The van der Waals surface area contributed by atoms with Crippen LogP contribution in [-0.4, -0.2) is 24.0 Å². The molecule has 1 amide bonds. The van der Waals surface area contributed by atoms with Crippen molar-refractivity contribution in [3.8, 4) is 5.75 Å². The molecule has 0 saturated carbocycles. The van der Waals surface area contributed by atoms with E-state index in [0.29, 0.717) is 22.9 Å². The maximum absolute atomic E-state index is 11.3. The number of anilines is 1. The van der Waals surface area contributed by atoms with Crippen molar-refractivity contribution in [1.29, 1.82) is 0 Å². The maximum Gasteiger partial charge on any atom is 0.294 e. The minimum Gasteiger partial charge on any atom is -0.507 e. The predicted octanol–water partition coefficient (Wildman–Crippen LogP) is 2.14. The third-order valence-corrected chi connectivity index (χ3v) is 3.64. The lowest BCUT2D eigenvalue weighted by atomic mass is 10.1. The molecule has 0 heterocycles. The molecule has 0 fully saturated rings. The molecule has 0 aromatic heterocycles. The normalized spacial score (nSPS) is 11.5. The van der Waals surface area contributed by atoms with Crippen molar-refractivity contribution in [2.75, 3.05) is 5.32 Å². The second-order valence-electron chi connectivity index (χ2n) is 4.26. The first-order valence-corrected chi connectivity index (χ1v) is 7.29. The highest BCUT2D eigenvalue weighted by molar-refractivity contribution is 7.85. The Morgan fingerprint density at radius 2 is 1.95 bits per heavy atom. The van der Waals surface area contributed by atoms with Gasteiger partial charge in [-0.3, -0.25) is 9.35 Å². The SMILES string of the molecule is CCC(=O)Nc1ccc2cc(S(=O)(=O)O)cc(O)c2c1. The average Bonchev–Trinajstić information content (AvgIpc) is 2.38. The summed E-state index contributed by atoms with van der Waals surface area (Å²) in [7, 11) is -4.38. The smallest absolute Gasteiger partial charge is 0.294 e. The number of hydrogen-bond acceptors (Lipinski definition) is 4. The van der Waals surface area contributed by atoms with Crippen molar-refractivity contribution in [2.24, 2.45) is 0 Å². The number of phenolic OH excluding ortho intramolecular Hbond substituents is 1. The molecule has 2 aromatic rings. The fourth-order valence-electron chi connectivity index (χ4n) is 1.79. The summed E-state index contributed by atoms with van der Waals surface area (Å²) in [6.07, 6.45) is 0.325. The summed E-state index contributed by atoms with van der Waals surface area (Å²) in [4.78, 5) is 10.9. The minimum atomic E-state index is -4.38. The van der Waals surface area contributed by atoms with Crippen molar-refractivity contribution < 1.29 is 22.9 Å². The number of hydrogen-bond donors (Lipinski definition) is 3. The van der Waals surface area contributed by atoms with Crippen LogP contribution in [0.2, 0.25) is 0 Å². The van der Waals surface area contributed by atoms with E-state index in [4.69, 9.17) is 4.55 Å². The van der Waals surface area contributed by atoms with Gasteiger partial charge in [0.05, 0.1) is 4.90 Å². The molecule has 0 saturated heterocycles. The Hall–Kier alpha value is -2.12. The topological polar surface area (TPSA) is 104 Å². The number of benzene rings is 2. The summed E-state index contributed by atoms with van der Waals surface area (Å²) < 4.78 is 31.1. The Labute approximate surface area is 115 Å². The second-order valence-corrected chi connectivity index (χ2v) is 5.68. The minimum absolute atomic E-state index is 0.168. The van der Waals surface area contributed by atoms with Gasteiger partial charge in [0.1, 0.15) is 5.75 Å². The molecule has 6 nitrogen and oxygen atoms in total. The molecular weight excluding hydrogens is 282 g/mol. The molecule has 3 N–H and O–H groups in total. The van der Waals surface area contributed by atoms with E-state index < -0.39 is 10.1 Å². The van der Waals surface area contributed by atoms with E-state index >= 15 is 0 Å². The number of amides is 1. The van der Waals surface area contributed by atoms with Gasteiger partial charge < -0.3 is 10.4 Å². The summed E-state index contributed by atoms with van der Waals surface area (Å²) in [5, 5.41) is 13.3. The highest BCUT2D eigenvalue weighted by Crippen LogP contribution is 2.30. The Morgan fingerprint density at radius 1 is 1.25 bits per heavy atom. The van der Waals surface area contributed by atoms with Gasteiger partial charge in [0.15, 0.2) is 0 Å². The number of rotatable bonds is 3. The number of nitrogens with one attached hydrogen (secondary N) is 1. The lowest BCUT2D eigenvalue weighted by Crippen LogP contribution is -2.09. The number of aromatic hydroxyl groups is 1. The number of phenols is 1. The zero-order chi connectivity index (χ0) is 14.9. The van der Waals surface area contributed by atoms with E-state index in [0.717, 1.165) is 6.07 Å². The molecule has 0 aliphatic rings. The Morgan fingerprint density at radius 3 is 2.55 bits per heavy atom. The van der Waals surface area contributed by atoms with Crippen LogP contribution in [0, 0.1) is 0 Å². The highest BCUT2D eigenvalue weighted by atomic mass is 32.2. The second kappa shape index (κ2) is 5.10. The van der Waals surface area contributed by atoms with Crippen molar-refractivity contribution >= 4 is 32.5 Å². The van der Waals surface area contributed by atoms with Crippen molar-refractivity contribution in [3.05, 3.63) is 30.3 Å². The fourth-order valence-corrected chi connectivity index (χ4v) is 2.32. The monoisotopic (exact) mass is 295 g/mol. The first kappa shape index (κ1) is 14.3. The summed E-state index contributed by atoms with van der Waals surface area (Å²) in [6.45, 7) is 1.71. The molecule has 0 unspecified atom stereocenters. The van der Waals surface area contributed by atoms with Crippen molar-refractivity contribution in [1.82, 2.24) is 0 Å². The van der Waals surface area contributed by atoms with Crippen LogP contribution < -0.4 is 5.32 Å². The van der Waals surface area contributed by atoms with Crippen LogP contribution in [0.1, 0.15) is 13.3 Å². The van der Waals surface area contributed by atoms with Crippen LogP contribution in [0.3, 0.4) is 0 Å². The Balaban J connectivity index is 2.55. The molecule has 0 aliphatic heterocycles. The van der Waals surface area contributed by atoms with Gasteiger partial charge >= 0.3 is 0 Å². The largest absolute Gasteiger partial charge is 0.507 e. The number of carbonyl (C=O) groups is 1. The van der Waals surface area contributed by atoms with Gasteiger partial charge in [-0.1, -0.05) is 13.0 Å². The molecule has 0 spiro atoms. The quantitative estimate of drug-likeness (QED) is 0.753. The van der Waals surface area contributed by atoms with Gasteiger partial charge in [-0.25, -0.2) is 0 Å². The van der Waals surface area contributed by atoms with Gasteiger partial charge in [0.2, 0.25) is 5.91 Å². The van der Waals surface area contributed by atoms with Gasteiger partial charge in [0, 0.05) is 23.6 Å². The lowest BCUT2D eigenvalue weighted by Gasteiger charge is -2.08. The molecule has 2 aromatic carbocycles. The molecule has 2 rings (SSSR count). The van der Waals surface area contributed by atoms with Gasteiger partial charge in [-0.15, -0.1) is 0 Å². The Bertz CT molecular complexity index is 783. The predicted molar refractivity (Wildman–Crippen MR) is 74.3 cm³/mol. The molecule has 0 bridgehead atoms. The summed E-state index contributed by atoms with van der Waals surface area (Å²) >= 11 is 0. The van der Waals surface area contributed by atoms with Crippen molar-refractivity contribution in [2.45, 2.75) is 18.2 Å². The van der Waals surface area contributed by atoms with E-state index in [1.807, 2.05) is 0 Å². The van der Waals surface area contributed by atoms with Crippen LogP contribution >= 0.6 is 0 Å². The molecule has 0 atom stereocenters. The first-order valence-electron chi connectivity index (χ1n) is 5.85. The standard InChI is InChI=1S/C13H13NO5S/c1-2-13(16)14-9-4-3-8-5-10(20(17,18)19)7-12(15)11(8)6-9/h3-7,15H,2H2,1H3,(H,14,16)(H,17,18,19). The third-order valence-electron chi connectivity index (χ3n) is 2.81. The zero-order valence-electron chi connectivity index (χ0n) is 10.6. The fraction of sp³-hybridized carbons (Fsp3) is 0.154. The average molecular weight is 295 g/mol. The van der Waals surface area contributed by atoms with E-state index in [1.54, 1.807) is 19.1 Å². The van der Waals surface area contributed by atoms with Gasteiger partial charge in [-0.05, 0) is 23.6 Å².